The molecule has 140 valence electrons. The number of rotatable bonds is 5. The molecule has 0 aliphatic carbocycles. The van der Waals surface area contributed by atoms with Crippen molar-refractivity contribution in [3.05, 3.63) is 24.5 Å². The molecular formula is C18H26N6O2. The third-order valence-electron chi connectivity index (χ3n) is 4.32. The lowest BCUT2D eigenvalue weighted by molar-refractivity contribution is 0.172. The molecule has 1 amide bonds. The average molecular weight is 358 g/mol. The number of nitrogens with zero attached hydrogens (tertiary/aromatic N) is 4. The first kappa shape index (κ1) is 18.3. The van der Waals surface area contributed by atoms with Crippen LogP contribution in [0, 0.1) is 0 Å². The first-order chi connectivity index (χ1) is 12.5. The van der Waals surface area contributed by atoms with Crippen LogP contribution >= 0.6 is 0 Å². The summed E-state index contributed by atoms with van der Waals surface area (Å²) in [5.74, 6) is 1.18. The summed E-state index contributed by atoms with van der Waals surface area (Å²) in [6.45, 7) is 7.27. The van der Waals surface area contributed by atoms with Gasteiger partial charge in [-0.2, -0.15) is 0 Å². The number of piperazine rings is 1. The number of amides is 1. The highest BCUT2D eigenvalue weighted by Gasteiger charge is 2.16. The second-order valence-corrected chi connectivity index (χ2v) is 6.73. The molecule has 3 rings (SSSR count). The Labute approximate surface area is 153 Å². The molecule has 8 heteroatoms. The van der Waals surface area contributed by atoms with Gasteiger partial charge in [0.25, 0.3) is 0 Å². The van der Waals surface area contributed by atoms with Gasteiger partial charge in [0.15, 0.2) is 5.75 Å². The van der Waals surface area contributed by atoms with Crippen LogP contribution in [0.25, 0.3) is 10.9 Å². The van der Waals surface area contributed by atoms with Crippen molar-refractivity contribution >= 4 is 22.8 Å². The number of benzene rings is 1. The summed E-state index contributed by atoms with van der Waals surface area (Å²) < 4.78 is 5.42. The molecule has 2 heterocycles. The second-order valence-electron chi connectivity index (χ2n) is 6.73. The van der Waals surface area contributed by atoms with Crippen LogP contribution < -0.4 is 15.4 Å². The van der Waals surface area contributed by atoms with Gasteiger partial charge in [-0.25, -0.2) is 14.8 Å². The fraction of sp³-hybridized carbons (Fsp3) is 0.500. The molecule has 2 aromatic rings. The SMILES string of the molecule is CC(CN1CCNCC1)Nc1ncnc2c(OC(=O)N(C)C)cccc12. The van der Waals surface area contributed by atoms with E-state index in [2.05, 4.69) is 32.4 Å². The maximum atomic E-state index is 11.9. The van der Waals surface area contributed by atoms with Crippen molar-refractivity contribution in [3.8, 4) is 5.75 Å². The maximum absolute atomic E-state index is 11.9. The lowest BCUT2D eigenvalue weighted by Crippen LogP contribution is -2.47. The summed E-state index contributed by atoms with van der Waals surface area (Å²) in [7, 11) is 3.29. The molecule has 0 bridgehead atoms. The number of nitrogens with one attached hydrogen (secondary N) is 2. The number of carbonyl (C=O) groups excluding carboxylic acids is 1. The molecule has 1 aliphatic rings. The molecule has 1 aliphatic heterocycles. The van der Waals surface area contributed by atoms with Gasteiger partial charge in [-0.05, 0) is 19.1 Å². The molecule has 1 saturated heterocycles. The summed E-state index contributed by atoms with van der Waals surface area (Å²) in [5.41, 5.74) is 0.620. The number of hydrogen-bond donors (Lipinski definition) is 2. The topological polar surface area (TPSA) is 82.6 Å². The summed E-state index contributed by atoms with van der Waals surface area (Å²) in [4.78, 5) is 24.4. The monoisotopic (exact) mass is 358 g/mol. The molecular weight excluding hydrogens is 332 g/mol. The number of ether oxygens (including phenoxy) is 1. The molecule has 0 saturated carbocycles. The standard InChI is InChI=1S/C18H26N6O2/c1-13(11-24-9-7-19-8-10-24)22-17-14-5-4-6-15(16(14)20-12-21-17)26-18(25)23(2)3/h4-6,12-13,19H,7-11H2,1-3H3,(H,20,21,22). The van der Waals surface area contributed by atoms with E-state index in [9.17, 15) is 4.79 Å². The Morgan fingerprint density at radius 2 is 2.12 bits per heavy atom. The molecule has 1 aromatic carbocycles. The number of carbonyl (C=O) groups is 1. The minimum atomic E-state index is -0.433. The Morgan fingerprint density at radius 3 is 2.85 bits per heavy atom. The van der Waals surface area contributed by atoms with Crippen molar-refractivity contribution < 1.29 is 9.53 Å². The van der Waals surface area contributed by atoms with Gasteiger partial charge in [0.05, 0.1) is 0 Å². The van der Waals surface area contributed by atoms with E-state index in [0.717, 1.165) is 43.9 Å². The summed E-state index contributed by atoms with van der Waals surface area (Å²) >= 11 is 0. The molecule has 8 nitrogen and oxygen atoms in total. The van der Waals surface area contributed by atoms with Crippen molar-refractivity contribution in [1.82, 2.24) is 25.1 Å². The molecule has 0 spiro atoms. The van der Waals surface area contributed by atoms with Crippen molar-refractivity contribution in [2.45, 2.75) is 13.0 Å². The molecule has 26 heavy (non-hydrogen) atoms. The largest absolute Gasteiger partial charge is 0.414 e. The van der Waals surface area contributed by atoms with E-state index in [0.29, 0.717) is 11.3 Å². The zero-order chi connectivity index (χ0) is 18.5. The smallest absolute Gasteiger partial charge is 0.408 e. The Balaban J connectivity index is 1.77. The summed E-state index contributed by atoms with van der Waals surface area (Å²) in [5, 5.41) is 7.67. The van der Waals surface area contributed by atoms with Crippen LogP contribution in [-0.2, 0) is 0 Å². The van der Waals surface area contributed by atoms with E-state index < -0.39 is 6.09 Å². The van der Waals surface area contributed by atoms with E-state index in [1.165, 1.54) is 11.2 Å². The van der Waals surface area contributed by atoms with Crippen LogP contribution in [0.1, 0.15) is 6.92 Å². The van der Waals surface area contributed by atoms with Gasteiger partial charge in [0, 0.05) is 58.2 Å². The van der Waals surface area contributed by atoms with Gasteiger partial charge in [-0.3, -0.25) is 4.90 Å². The Kier molecular flexibility index (Phi) is 5.85. The number of fused-ring (bicyclic) bond motifs is 1. The lowest BCUT2D eigenvalue weighted by Gasteiger charge is -2.30. The van der Waals surface area contributed by atoms with E-state index >= 15 is 0 Å². The van der Waals surface area contributed by atoms with Gasteiger partial charge in [0.1, 0.15) is 17.7 Å². The van der Waals surface area contributed by atoms with Crippen LogP contribution in [0.3, 0.4) is 0 Å². The minimum Gasteiger partial charge on any atom is -0.408 e. The Morgan fingerprint density at radius 1 is 1.35 bits per heavy atom. The van der Waals surface area contributed by atoms with Crippen molar-refractivity contribution in [3.63, 3.8) is 0 Å². The van der Waals surface area contributed by atoms with Gasteiger partial charge in [-0.15, -0.1) is 0 Å². The predicted molar refractivity (Wildman–Crippen MR) is 102 cm³/mol. The highest BCUT2D eigenvalue weighted by molar-refractivity contribution is 5.94. The van der Waals surface area contributed by atoms with Crippen LogP contribution in [0.5, 0.6) is 5.75 Å². The fourth-order valence-corrected chi connectivity index (χ4v) is 3.00. The van der Waals surface area contributed by atoms with Gasteiger partial charge in [0.2, 0.25) is 0 Å². The van der Waals surface area contributed by atoms with E-state index in [1.54, 1.807) is 20.2 Å². The maximum Gasteiger partial charge on any atom is 0.414 e. The summed E-state index contributed by atoms with van der Waals surface area (Å²) in [6.07, 6.45) is 1.06. The number of aromatic nitrogens is 2. The van der Waals surface area contributed by atoms with Gasteiger partial charge < -0.3 is 20.3 Å². The molecule has 1 unspecified atom stereocenters. The molecule has 1 fully saturated rings. The quantitative estimate of drug-likeness (QED) is 0.836. The summed E-state index contributed by atoms with van der Waals surface area (Å²) in [6, 6.07) is 5.75. The van der Waals surface area contributed by atoms with Crippen LogP contribution in [0.15, 0.2) is 24.5 Å². The molecule has 1 aromatic heterocycles. The minimum absolute atomic E-state index is 0.235. The Bertz CT molecular complexity index is 760. The van der Waals surface area contributed by atoms with E-state index in [1.807, 2.05) is 12.1 Å². The van der Waals surface area contributed by atoms with Crippen molar-refractivity contribution in [2.75, 3.05) is 52.1 Å². The van der Waals surface area contributed by atoms with Crippen LogP contribution in [0.2, 0.25) is 0 Å². The first-order valence-corrected chi connectivity index (χ1v) is 8.87. The number of para-hydroxylation sites is 1. The fourth-order valence-electron chi connectivity index (χ4n) is 3.00. The lowest BCUT2D eigenvalue weighted by atomic mass is 10.2. The zero-order valence-corrected chi connectivity index (χ0v) is 15.5. The van der Waals surface area contributed by atoms with Crippen molar-refractivity contribution in [2.24, 2.45) is 0 Å². The van der Waals surface area contributed by atoms with Gasteiger partial charge in [-0.1, -0.05) is 6.07 Å². The molecule has 1 atom stereocenters. The number of hydrogen-bond acceptors (Lipinski definition) is 7. The van der Waals surface area contributed by atoms with E-state index in [-0.39, 0.29) is 6.04 Å². The Hall–Kier alpha value is -2.45. The third kappa shape index (κ3) is 4.39. The second kappa shape index (κ2) is 8.29. The highest BCUT2D eigenvalue weighted by atomic mass is 16.6. The van der Waals surface area contributed by atoms with Gasteiger partial charge >= 0.3 is 6.09 Å². The predicted octanol–water partition coefficient (Wildman–Crippen LogP) is 1.40. The van der Waals surface area contributed by atoms with Crippen LogP contribution in [-0.4, -0.2) is 78.7 Å². The van der Waals surface area contributed by atoms with Crippen LogP contribution in [0.4, 0.5) is 10.6 Å². The first-order valence-electron chi connectivity index (χ1n) is 8.87. The van der Waals surface area contributed by atoms with Crippen molar-refractivity contribution in [1.29, 1.82) is 0 Å². The third-order valence-corrected chi connectivity index (χ3v) is 4.32. The number of anilines is 1. The molecule has 2 N–H and O–H groups in total. The van der Waals surface area contributed by atoms with E-state index in [4.69, 9.17) is 4.74 Å². The highest BCUT2D eigenvalue weighted by Crippen LogP contribution is 2.28. The normalized spacial score (nSPS) is 16.3. The zero-order valence-electron chi connectivity index (χ0n) is 15.5. The molecule has 0 radical (unpaired) electrons. The average Bonchev–Trinajstić information content (AvgIpc) is 2.63.